The summed E-state index contributed by atoms with van der Waals surface area (Å²) < 4.78 is 5.20. The quantitative estimate of drug-likeness (QED) is 0.432. The van der Waals surface area contributed by atoms with Gasteiger partial charge in [-0.05, 0) is 64.7 Å². The number of benzene rings is 1. The van der Waals surface area contributed by atoms with E-state index >= 15 is 0 Å². The topological polar surface area (TPSA) is 137 Å². The van der Waals surface area contributed by atoms with E-state index in [-0.39, 0.29) is 38.9 Å². The first kappa shape index (κ1) is 35.0. The molecule has 0 bridgehead atoms. The molecule has 2 amide bonds. The summed E-state index contributed by atoms with van der Waals surface area (Å²) in [4.78, 5) is 46.3. The third-order valence-electron chi connectivity index (χ3n) is 6.00. The van der Waals surface area contributed by atoms with Crippen molar-refractivity contribution in [3.8, 4) is 0 Å². The van der Waals surface area contributed by atoms with Crippen molar-refractivity contribution in [2.24, 2.45) is 0 Å². The van der Waals surface area contributed by atoms with Gasteiger partial charge in [0.05, 0.1) is 40.7 Å². The summed E-state index contributed by atoms with van der Waals surface area (Å²) >= 11 is 12.1. The van der Waals surface area contributed by atoms with Crippen molar-refractivity contribution >= 4 is 53.4 Å². The first-order valence-electron chi connectivity index (χ1n) is 12.8. The van der Waals surface area contributed by atoms with Gasteiger partial charge in [0.1, 0.15) is 18.4 Å². The lowest BCUT2D eigenvalue weighted by Gasteiger charge is -2.29. The predicted molar refractivity (Wildman–Crippen MR) is 157 cm³/mol. The summed E-state index contributed by atoms with van der Waals surface area (Å²) in [6, 6.07) is 4.90. The number of amides is 2. The lowest BCUT2D eigenvalue weighted by molar-refractivity contribution is -0.0980. The fourth-order valence-electron chi connectivity index (χ4n) is 4.01. The van der Waals surface area contributed by atoms with E-state index in [1.807, 2.05) is 6.79 Å². The fraction of sp³-hybridized carbons (Fsp3) is 0.481. The molecule has 0 atom stereocenters. The number of rotatable bonds is 6. The van der Waals surface area contributed by atoms with Crippen LogP contribution in [-0.2, 0) is 14.3 Å². The molecule has 3 N–H and O–H groups in total. The predicted octanol–water partition coefficient (Wildman–Crippen LogP) is 3.34. The van der Waals surface area contributed by atoms with Crippen molar-refractivity contribution in [3.63, 3.8) is 0 Å². The monoisotopic (exact) mass is 596 g/mol. The number of H-pyrrole nitrogens is 1. The van der Waals surface area contributed by atoms with E-state index in [0.717, 1.165) is 52.2 Å². The molecule has 2 fully saturated rings. The summed E-state index contributed by atoms with van der Waals surface area (Å²) in [5.74, 6) is 0.438. The summed E-state index contributed by atoms with van der Waals surface area (Å²) in [6.07, 6.45) is 4.41. The van der Waals surface area contributed by atoms with Crippen LogP contribution in [0.1, 0.15) is 47.0 Å². The van der Waals surface area contributed by atoms with Crippen LogP contribution in [0.5, 0.6) is 0 Å². The summed E-state index contributed by atoms with van der Waals surface area (Å²) in [5.41, 5.74) is 0.621. The van der Waals surface area contributed by atoms with Gasteiger partial charge in [-0.1, -0.05) is 36.2 Å². The van der Waals surface area contributed by atoms with Gasteiger partial charge in [-0.2, -0.15) is 5.10 Å². The zero-order chi connectivity index (χ0) is 29.9. The minimum Gasteiger partial charge on any atom is -0.379 e. The normalized spacial score (nSPS) is 15.5. The van der Waals surface area contributed by atoms with Crippen molar-refractivity contribution in [1.29, 1.82) is 0 Å². The molecule has 1 aromatic heterocycles. The summed E-state index contributed by atoms with van der Waals surface area (Å²) in [7, 11) is 2.06. The average molecular weight is 598 g/mol. The van der Waals surface area contributed by atoms with Crippen molar-refractivity contribution < 1.29 is 23.9 Å². The van der Waals surface area contributed by atoms with Crippen LogP contribution in [0, 0.1) is 0 Å². The second kappa shape index (κ2) is 19.9. The summed E-state index contributed by atoms with van der Waals surface area (Å²) in [6.45, 7) is 14.1. The van der Waals surface area contributed by atoms with Gasteiger partial charge >= 0.3 is 0 Å². The zero-order valence-electron chi connectivity index (χ0n) is 23.0. The van der Waals surface area contributed by atoms with E-state index in [2.05, 4.69) is 51.2 Å². The van der Waals surface area contributed by atoms with Crippen LogP contribution in [-0.4, -0.2) is 104 Å². The Labute approximate surface area is 245 Å². The van der Waals surface area contributed by atoms with E-state index in [1.165, 1.54) is 25.1 Å². The molecule has 11 nitrogen and oxygen atoms in total. The fourth-order valence-corrected chi connectivity index (χ4v) is 4.57. The van der Waals surface area contributed by atoms with Gasteiger partial charge in [-0.3, -0.25) is 19.6 Å². The Morgan fingerprint density at radius 1 is 1.12 bits per heavy atom. The van der Waals surface area contributed by atoms with Gasteiger partial charge in [0.15, 0.2) is 0 Å². The number of carbonyl (C=O) groups is 3. The number of nitrogens with one attached hydrogen (secondary N) is 3. The number of ether oxygens (including phenoxy) is 1. The van der Waals surface area contributed by atoms with Gasteiger partial charge in [-0.25, -0.2) is 4.79 Å². The number of hydrogen-bond donors (Lipinski definition) is 3. The average Bonchev–Trinajstić information content (AvgIpc) is 3.41. The highest BCUT2D eigenvalue weighted by molar-refractivity contribution is 6.40. The number of aromatic amines is 1. The number of aromatic nitrogens is 2. The van der Waals surface area contributed by atoms with Crippen LogP contribution in [0.15, 0.2) is 31.0 Å². The Kier molecular flexibility index (Phi) is 17.4. The summed E-state index contributed by atoms with van der Waals surface area (Å²) in [5, 5.41) is 12.6. The standard InChI is InChI=1S/C17H19Cl2N5O2.C7H15NO.C2H2O.CH2O/c1-24-7-5-10(6-8-24)21-17(26)15-13(9-20-23-15)22-16(25)14-11(18)3-2-4-12(14)19;1-2-3-8-4-6-9-7-5-8;1-2-3;1-2/h2-4,9-10H,5-8H2,1H3,(H,20,23)(H,21,26)(H,22,25);2-7H2,1H3;1H2;1H2. The second-order valence-electron chi connectivity index (χ2n) is 8.86. The highest BCUT2D eigenvalue weighted by Crippen LogP contribution is 2.25. The number of piperidine rings is 1. The van der Waals surface area contributed by atoms with Crippen molar-refractivity contribution in [2.75, 3.05) is 58.3 Å². The molecule has 0 radical (unpaired) electrons. The third kappa shape index (κ3) is 12.0. The number of halogens is 2. The first-order valence-corrected chi connectivity index (χ1v) is 13.6. The number of anilines is 1. The lowest BCUT2D eigenvalue weighted by Crippen LogP contribution is -2.43. The molecule has 40 heavy (non-hydrogen) atoms. The highest BCUT2D eigenvalue weighted by atomic mass is 35.5. The molecule has 1 aromatic carbocycles. The molecule has 4 rings (SSSR count). The number of carbonyl (C=O) groups excluding carboxylic acids is 4. The molecule has 0 aliphatic carbocycles. The number of hydrogen-bond acceptors (Lipinski definition) is 8. The lowest BCUT2D eigenvalue weighted by atomic mass is 10.1. The van der Waals surface area contributed by atoms with Crippen LogP contribution in [0.25, 0.3) is 0 Å². The molecular weight excluding hydrogens is 559 g/mol. The maximum absolute atomic E-state index is 12.5. The van der Waals surface area contributed by atoms with Gasteiger partial charge in [0.2, 0.25) is 0 Å². The third-order valence-corrected chi connectivity index (χ3v) is 6.63. The molecule has 13 heteroatoms. The molecular formula is C27H38Cl2N6O5. The SMILES string of the molecule is C=C=O.C=O.CCCN1CCOCC1.CN1CCC(NC(=O)c2[nH]ncc2NC(=O)c2c(Cl)cccc2Cl)CC1. The van der Waals surface area contributed by atoms with Crippen molar-refractivity contribution in [3.05, 3.63) is 52.3 Å². The molecule has 2 aromatic rings. The zero-order valence-corrected chi connectivity index (χ0v) is 24.5. The van der Waals surface area contributed by atoms with Crippen molar-refractivity contribution in [2.45, 2.75) is 32.2 Å². The van der Waals surface area contributed by atoms with Crippen LogP contribution >= 0.6 is 23.2 Å². The first-order chi connectivity index (χ1) is 19.3. The van der Waals surface area contributed by atoms with Crippen LogP contribution < -0.4 is 10.6 Å². The Morgan fingerprint density at radius 3 is 2.25 bits per heavy atom. The van der Waals surface area contributed by atoms with Gasteiger partial charge < -0.3 is 25.1 Å². The highest BCUT2D eigenvalue weighted by Gasteiger charge is 2.23. The van der Waals surface area contributed by atoms with E-state index < -0.39 is 5.91 Å². The van der Waals surface area contributed by atoms with E-state index in [9.17, 15) is 9.59 Å². The molecule has 2 saturated heterocycles. The van der Waals surface area contributed by atoms with E-state index in [4.69, 9.17) is 37.5 Å². The van der Waals surface area contributed by atoms with Gasteiger partial charge in [0, 0.05) is 19.1 Å². The number of morpholine rings is 1. The molecule has 3 heterocycles. The molecule has 220 valence electrons. The Bertz CT molecular complexity index is 1060. The van der Waals surface area contributed by atoms with Crippen molar-refractivity contribution in [1.82, 2.24) is 25.3 Å². The molecule has 0 unspecified atom stereocenters. The number of likely N-dealkylation sites (tertiary alicyclic amines) is 1. The van der Waals surface area contributed by atoms with Crippen LogP contribution in [0.3, 0.4) is 0 Å². The van der Waals surface area contributed by atoms with Gasteiger partial charge in [-0.15, -0.1) is 0 Å². The molecule has 0 spiro atoms. The van der Waals surface area contributed by atoms with E-state index in [0.29, 0.717) is 0 Å². The van der Waals surface area contributed by atoms with E-state index in [1.54, 1.807) is 18.2 Å². The van der Waals surface area contributed by atoms with Crippen LogP contribution in [0.4, 0.5) is 5.69 Å². The van der Waals surface area contributed by atoms with Crippen LogP contribution in [0.2, 0.25) is 10.0 Å². The molecule has 2 aliphatic heterocycles. The second-order valence-corrected chi connectivity index (χ2v) is 9.67. The molecule has 0 saturated carbocycles. The maximum Gasteiger partial charge on any atom is 0.271 e. The molecule has 2 aliphatic rings. The minimum absolute atomic E-state index is 0.101. The Hall–Kier alpha value is -3.05. The smallest absolute Gasteiger partial charge is 0.271 e. The Morgan fingerprint density at radius 2 is 1.70 bits per heavy atom. The Balaban J connectivity index is 0.000000474. The minimum atomic E-state index is -0.504. The largest absolute Gasteiger partial charge is 0.379 e. The van der Waals surface area contributed by atoms with Gasteiger partial charge in [0.25, 0.3) is 11.8 Å². The maximum atomic E-state index is 12.5. The number of nitrogens with zero attached hydrogens (tertiary/aromatic N) is 3.